The van der Waals surface area contributed by atoms with E-state index in [0.717, 1.165) is 16.8 Å². The van der Waals surface area contributed by atoms with Crippen molar-refractivity contribution in [2.45, 2.75) is 44.8 Å². The van der Waals surface area contributed by atoms with Gasteiger partial charge in [0.15, 0.2) is 0 Å². The number of halogens is 1. The van der Waals surface area contributed by atoms with E-state index in [9.17, 15) is 14.6 Å². The average Bonchev–Trinajstić information content (AvgIpc) is 2.71. The topological polar surface area (TPSA) is 89.7 Å². The molecule has 164 valence electrons. The van der Waals surface area contributed by atoms with Gasteiger partial charge in [-0.05, 0) is 36.6 Å². The van der Waals surface area contributed by atoms with Crippen molar-refractivity contribution in [3.05, 3.63) is 47.4 Å². The maximum Gasteiger partial charge on any atom is 0.236 e. The highest BCUT2D eigenvalue weighted by Gasteiger charge is 2.19. The van der Waals surface area contributed by atoms with Crippen LogP contribution >= 0.6 is 11.9 Å². The summed E-state index contributed by atoms with van der Waals surface area (Å²) in [5, 5.41) is 29.0. The van der Waals surface area contributed by atoms with Crippen LogP contribution in [0.25, 0.3) is 17.3 Å². The predicted molar refractivity (Wildman–Crippen MR) is 121 cm³/mol. The Morgan fingerprint density at radius 2 is 1.83 bits per heavy atom. The van der Waals surface area contributed by atoms with E-state index < -0.39 is 12.2 Å². The molecule has 2 aromatic rings. The Morgan fingerprint density at radius 1 is 1.17 bits per heavy atom. The lowest BCUT2D eigenvalue weighted by Crippen LogP contribution is -2.17. The van der Waals surface area contributed by atoms with Crippen molar-refractivity contribution in [1.29, 1.82) is 0 Å². The first-order valence-corrected chi connectivity index (χ1v) is 11.1. The first-order chi connectivity index (χ1) is 14.3. The molecule has 1 heterocycles. The summed E-state index contributed by atoms with van der Waals surface area (Å²) < 4.78 is 15.3. The summed E-state index contributed by atoms with van der Waals surface area (Å²) >= 11 is 1.48. The van der Waals surface area contributed by atoms with Gasteiger partial charge in [0, 0.05) is 37.5 Å². The maximum absolute atomic E-state index is 13.5. The Hall–Kier alpha value is -2.00. The summed E-state index contributed by atoms with van der Waals surface area (Å²) in [5.41, 5.74) is 2.93. The highest BCUT2D eigenvalue weighted by Crippen LogP contribution is 2.32. The Bertz CT molecular complexity index is 846. The van der Waals surface area contributed by atoms with Crippen LogP contribution in [0.15, 0.2) is 30.3 Å². The molecular formula is C22H30FN3O3S. The van der Waals surface area contributed by atoms with Crippen LogP contribution in [0.1, 0.15) is 43.9 Å². The third-order valence-electron chi connectivity index (χ3n) is 4.64. The van der Waals surface area contributed by atoms with Crippen LogP contribution in [-0.4, -0.2) is 57.4 Å². The summed E-state index contributed by atoms with van der Waals surface area (Å²) in [6, 6.07) is 6.11. The lowest BCUT2D eigenvalue weighted by atomic mass is 9.97. The number of hydrogen-bond acceptors (Lipinski definition) is 7. The molecule has 0 aliphatic carbocycles. The number of hydrogen-bond donors (Lipinski definition) is 3. The molecule has 2 unspecified atom stereocenters. The van der Waals surface area contributed by atoms with Crippen LogP contribution in [0.2, 0.25) is 0 Å². The number of aromatic nitrogens is 2. The maximum atomic E-state index is 13.5. The standard InChI is InChI=1S/C22H30FN3O3S/c1-14(2)20-19(10-9-17(28)13-18(29)11-12-27)21(15-5-7-16(23)8-6-15)25-22(24-20)26(3)30-4/h5-10,14,17-18,27-29H,11-13H2,1-4H3/b10-9+. The summed E-state index contributed by atoms with van der Waals surface area (Å²) in [6.45, 7) is 3.92. The minimum absolute atomic E-state index is 0.0815. The fraction of sp³-hybridized carbons (Fsp3) is 0.455. The Kier molecular flexibility index (Phi) is 9.23. The van der Waals surface area contributed by atoms with Crippen LogP contribution < -0.4 is 4.31 Å². The molecule has 1 aromatic carbocycles. The molecule has 0 bridgehead atoms. The van der Waals surface area contributed by atoms with Crippen molar-refractivity contribution in [2.24, 2.45) is 0 Å². The zero-order valence-corrected chi connectivity index (χ0v) is 18.6. The summed E-state index contributed by atoms with van der Waals surface area (Å²) in [5.74, 6) is 0.295. The van der Waals surface area contributed by atoms with Gasteiger partial charge in [0.25, 0.3) is 0 Å². The van der Waals surface area contributed by atoms with Gasteiger partial charge < -0.3 is 15.3 Å². The summed E-state index contributed by atoms with van der Waals surface area (Å²) in [4.78, 5) is 9.43. The van der Waals surface area contributed by atoms with Gasteiger partial charge in [-0.2, -0.15) is 0 Å². The second-order valence-corrected chi connectivity index (χ2v) is 8.25. The number of aliphatic hydroxyl groups is 3. The van der Waals surface area contributed by atoms with Crippen LogP contribution in [0, 0.1) is 5.82 Å². The third-order valence-corrected chi connectivity index (χ3v) is 5.36. The molecule has 0 aliphatic heterocycles. The second-order valence-electron chi connectivity index (χ2n) is 7.34. The van der Waals surface area contributed by atoms with Crippen molar-refractivity contribution in [3.63, 3.8) is 0 Å². The molecule has 0 spiro atoms. The highest BCUT2D eigenvalue weighted by atomic mass is 32.2. The molecule has 2 atom stereocenters. The Labute approximate surface area is 181 Å². The van der Waals surface area contributed by atoms with Crippen molar-refractivity contribution in [3.8, 4) is 11.3 Å². The molecule has 2 rings (SSSR count). The average molecular weight is 436 g/mol. The first-order valence-electron chi connectivity index (χ1n) is 9.87. The number of anilines is 1. The van der Waals surface area contributed by atoms with Gasteiger partial charge >= 0.3 is 0 Å². The van der Waals surface area contributed by atoms with Crippen LogP contribution in [-0.2, 0) is 0 Å². The minimum atomic E-state index is -0.888. The molecule has 0 saturated heterocycles. The van der Waals surface area contributed by atoms with Gasteiger partial charge in [0.05, 0.1) is 23.6 Å². The van der Waals surface area contributed by atoms with Gasteiger partial charge in [0.1, 0.15) is 5.82 Å². The quantitative estimate of drug-likeness (QED) is 0.491. The predicted octanol–water partition coefficient (Wildman–Crippen LogP) is 3.63. The fourth-order valence-electron chi connectivity index (χ4n) is 2.96. The summed E-state index contributed by atoms with van der Waals surface area (Å²) in [6.07, 6.45) is 3.93. The summed E-state index contributed by atoms with van der Waals surface area (Å²) in [7, 11) is 1.88. The van der Waals surface area contributed by atoms with E-state index >= 15 is 0 Å². The van der Waals surface area contributed by atoms with Gasteiger partial charge in [-0.25, -0.2) is 14.4 Å². The Morgan fingerprint density at radius 3 is 2.40 bits per heavy atom. The van der Waals surface area contributed by atoms with E-state index in [1.807, 2.05) is 31.5 Å². The molecule has 0 radical (unpaired) electrons. The van der Waals surface area contributed by atoms with Crippen LogP contribution in [0.3, 0.4) is 0 Å². The van der Waals surface area contributed by atoms with E-state index in [2.05, 4.69) is 0 Å². The van der Waals surface area contributed by atoms with E-state index in [1.54, 1.807) is 24.3 Å². The van der Waals surface area contributed by atoms with E-state index in [-0.39, 0.29) is 31.2 Å². The lowest BCUT2D eigenvalue weighted by Gasteiger charge is -2.20. The molecule has 0 aliphatic rings. The number of rotatable bonds is 10. The normalized spacial score (nSPS) is 13.8. The van der Waals surface area contributed by atoms with E-state index in [4.69, 9.17) is 15.1 Å². The van der Waals surface area contributed by atoms with Crippen LogP contribution in [0.5, 0.6) is 0 Å². The zero-order valence-electron chi connectivity index (χ0n) is 17.8. The Balaban J connectivity index is 2.54. The van der Waals surface area contributed by atoms with Gasteiger partial charge in [-0.1, -0.05) is 37.9 Å². The molecule has 8 heteroatoms. The smallest absolute Gasteiger partial charge is 0.236 e. The van der Waals surface area contributed by atoms with Crippen molar-refractivity contribution >= 4 is 24.0 Å². The molecule has 6 nitrogen and oxygen atoms in total. The van der Waals surface area contributed by atoms with Crippen molar-refractivity contribution in [2.75, 3.05) is 24.2 Å². The van der Waals surface area contributed by atoms with Gasteiger partial charge in [-0.15, -0.1) is 0 Å². The van der Waals surface area contributed by atoms with Gasteiger partial charge in [0.2, 0.25) is 5.95 Å². The molecule has 0 fully saturated rings. The van der Waals surface area contributed by atoms with E-state index in [1.165, 1.54) is 24.1 Å². The third kappa shape index (κ3) is 6.50. The number of nitrogens with zero attached hydrogens (tertiary/aromatic N) is 3. The molecular weight excluding hydrogens is 405 g/mol. The molecule has 3 N–H and O–H groups in total. The van der Waals surface area contributed by atoms with Crippen molar-refractivity contribution in [1.82, 2.24) is 9.97 Å². The highest BCUT2D eigenvalue weighted by molar-refractivity contribution is 7.99. The second kappa shape index (κ2) is 11.4. The fourth-order valence-corrected chi connectivity index (χ4v) is 3.21. The minimum Gasteiger partial charge on any atom is -0.396 e. The van der Waals surface area contributed by atoms with Gasteiger partial charge in [-0.3, -0.25) is 4.31 Å². The largest absolute Gasteiger partial charge is 0.396 e. The molecule has 1 aromatic heterocycles. The SMILES string of the molecule is CSN(C)c1nc(-c2ccc(F)cc2)c(/C=C/C(O)CC(O)CCO)c(C(C)C)n1. The number of aliphatic hydroxyl groups excluding tert-OH is 3. The number of benzene rings is 1. The molecule has 0 saturated carbocycles. The first kappa shape index (κ1) is 24.3. The molecule has 0 amide bonds. The molecule has 30 heavy (non-hydrogen) atoms. The van der Waals surface area contributed by atoms with Crippen LogP contribution in [0.4, 0.5) is 10.3 Å². The zero-order chi connectivity index (χ0) is 22.3. The monoisotopic (exact) mass is 435 g/mol. The lowest BCUT2D eigenvalue weighted by molar-refractivity contribution is 0.0827. The van der Waals surface area contributed by atoms with E-state index in [0.29, 0.717) is 11.6 Å². The van der Waals surface area contributed by atoms with Crippen molar-refractivity contribution < 1.29 is 19.7 Å².